The second-order valence-corrected chi connectivity index (χ2v) is 7.61. The number of carboxylic acid groups (broad SMARTS) is 1. The van der Waals surface area contributed by atoms with Gasteiger partial charge < -0.3 is 10.4 Å². The van der Waals surface area contributed by atoms with Crippen molar-refractivity contribution in [2.45, 2.75) is 46.2 Å². The number of rotatable bonds is 5. The van der Waals surface area contributed by atoms with Crippen LogP contribution in [0.3, 0.4) is 0 Å². The van der Waals surface area contributed by atoms with Gasteiger partial charge in [0.05, 0.1) is 11.4 Å². The third-order valence-electron chi connectivity index (χ3n) is 5.98. The first-order valence-corrected chi connectivity index (χ1v) is 9.89. The molecule has 1 aliphatic rings. The van der Waals surface area contributed by atoms with Gasteiger partial charge in [-0.1, -0.05) is 36.4 Å². The number of nitrogens with one attached hydrogen (secondary N) is 1. The predicted molar refractivity (Wildman–Crippen MR) is 108 cm³/mol. The number of aliphatic carboxylic acids is 1. The fraction of sp³-hybridized carbons (Fsp3) is 0.409. The highest BCUT2D eigenvalue weighted by Gasteiger charge is 2.30. The van der Waals surface area contributed by atoms with Crippen molar-refractivity contribution in [3.05, 3.63) is 58.1 Å². The quantitative estimate of drug-likeness (QED) is 0.712. The van der Waals surface area contributed by atoms with E-state index in [-0.39, 0.29) is 5.92 Å². The van der Waals surface area contributed by atoms with Crippen LogP contribution in [0.1, 0.15) is 47.6 Å². The number of carboxylic acids is 1. The summed E-state index contributed by atoms with van der Waals surface area (Å²) in [5.74, 6) is -1.58. The largest absolute Gasteiger partial charge is 0.481 e. The molecule has 0 saturated heterocycles. The van der Waals surface area contributed by atoms with Crippen molar-refractivity contribution in [1.82, 2.24) is 20.3 Å². The van der Waals surface area contributed by atoms with Gasteiger partial charge in [-0.2, -0.15) is 0 Å². The molecule has 146 valence electrons. The zero-order valence-electron chi connectivity index (χ0n) is 16.6. The van der Waals surface area contributed by atoms with Crippen LogP contribution in [0.15, 0.2) is 30.3 Å². The average molecular weight is 378 g/mol. The summed E-state index contributed by atoms with van der Waals surface area (Å²) in [5, 5.41) is 21.8. The zero-order valence-corrected chi connectivity index (χ0v) is 16.6. The molecule has 3 aromatic rings. The van der Waals surface area contributed by atoms with Crippen LogP contribution in [-0.2, 0) is 24.3 Å². The maximum atomic E-state index is 12.0. The molecular formula is C22H26N4O2. The minimum atomic E-state index is -0.794. The Morgan fingerprint density at radius 2 is 2.11 bits per heavy atom. The summed E-state index contributed by atoms with van der Waals surface area (Å²) >= 11 is 0. The molecule has 4 rings (SSSR count). The van der Waals surface area contributed by atoms with Crippen molar-refractivity contribution < 1.29 is 9.90 Å². The van der Waals surface area contributed by atoms with Gasteiger partial charge in [0.1, 0.15) is 5.52 Å². The summed E-state index contributed by atoms with van der Waals surface area (Å²) in [6, 6.07) is 10.5. The fourth-order valence-electron chi connectivity index (χ4n) is 4.33. The summed E-state index contributed by atoms with van der Waals surface area (Å²) in [7, 11) is 0. The molecule has 1 aromatic heterocycles. The molecule has 0 unspecified atom stereocenters. The number of hydrogen-bond donors (Lipinski definition) is 2. The lowest BCUT2D eigenvalue weighted by Crippen LogP contribution is -2.25. The topological polar surface area (TPSA) is 80.0 Å². The molecule has 0 amide bonds. The van der Waals surface area contributed by atoms with Crippen molar-refractivity contribution >= 4 is 17.0 Å². The van der Waals surface area contributed by atoms with Gasteiger partial charge in [-0.3, -0.25) is 4.79 Å². The van der Waals surface area contributed by atoms with Crippen LogP contribution in [0, 0.1) is 12.8 Å². The summed E-state index contributed by atoms with van der Waals surface area (Å²) in [6.45, 7) is 8.42. The molecule has 2 N–H and O–H groups in total. The number of carbonyl (C=O) groups is 1. The van der Waals surface area contributed by atoms with Gasteiger partial charge >= 0.3 is 5.97 Å². The Labute approximate surface area is 164 Å². The molecule has 6 nitrogen and oxygen atoms in total. The minimum Gasteiger partial charge on any atom is -0.481 e. The maximum absolute atomic E-state index is 12.0. The van der Waals surface area contributed by atoms with Crippen molar-refractivity contribution in [2.75, 3.05) is 6.54 Å². The van der Waals surface area contributed by atoms with E-state index in [1.54, 1.807) is 6.92 Å². The minimum absolute atomic E-state index is 0.235. The van der Waals surface area contributed by atoms with E-state index in [1.165, 1.54) is 11.1 Å². The Bertz CT molecular complexity index is 1040. The molecular weight excluding hydrogens is 352 g/mol. The van der Waals surface area contributed by atoms with Crippen LogP contribution < -0.4 is 5.32 Å². The molecule has 2 aromatic carbocycles. The third kappa shape index (κ3) is 3.07. The summed E-state index contributed by atoms with van der Waals surface area (Å²) < 4.78 is 1.87. The van der Waals surface area contributed by atoms with Gasteiger partial charge in [0.25, 0.3) is 0 Å². The SMILES string of the molecule is CCn1nnc2c(C)c([C@H](c3ccc4c(c3)CNCC4)[C@@H](C)C(=O)O)ccc21. The summed E-state index contributed by atoms with van der Waals surface area (Å²) in [5.41, 5.74) is 7.51. The second kappa shape index (κ2) is 7.36. The first-order valence-electron chi connectivity index (χ1n) is 9.89. The van der Waals surface area contributed by atoms with Gasteiger partial charge in [-0.15, -0.1) is 5.10 Å². The van der Waals surface area contributed by atoms with Crippen LogP contribution in [0.4, 0.5) is 0 Å². The molecule has 0 bridgehead atoms. The normalized spacial score (nSPS) is 16.0. The molecule has 0 spiro atoms. The van der Waals surface area contributed by atoms with E-state index in [0.717, 1.165) is 53.8 Å². The Morgan fingerprint density at radius 1 is 1.29 bits per heavy atom. The molecule has 1 aliphatic heterocycles. The number of aryl methyl sites for hydroxylation is 2. The molecule has 0 aliphatic carbocycles. The van der Waals surface area contributed by atoms with E-state index in [1.807, 2.05) is 24.6 Å². The molecule has 28 heavy (non-hydrogen) atoms. The summed E-state index contributed by atoms with van der Waals surface area (Å²) in [4.78, 5) is 12.0. The lowest BCUT2D eigenvalue weighted by Gasteiger charge is -2.26. The van der Waals surface area contributed by atoms with Crippen molar-refractivity contribution in [1.29, 1.82) is 0 Å². The highest BCUT2D eigenvalue weighted by atomic mass is 16.4. The number of nitrogens with zero attached hydrogens (tertiary/aromatic N) is 3. The Morgan fingerprint density at radius 3 is 2.86 bits per heavy atom. The summed E-state index contributed by atoms with van der Waals surface area (Å²) in [6.07, 6.45) is 1.01. The van der Waals surface area contributed by atoms with Crippen molar-refractivity contribution in [2.24, 2.45) is 5.92 Å². The highest BCUT2D eigenvalue weighted by Crippen LogP contribution is 2.37. The van der Waals surface area contributed by atoms with Crippen LogP contribution in [-0.4, -0.2) is 32.6 Å². The van der Waals surface area contributed by atoms with E-state index in [0.29, 0.717) is 0 Å². The number of benzene rings is 2. The van der Waals surface area contributed by atoms with E-state index < -0.39 is 11.9 Å². The second-order valence-electron chi connectivity index (χ2n) is 7.61. The van der Waals surface area contributed by atoms with Crippen LogP contribution in [0.25, 0.3) is 11.0 Å². The smallest absolute Gasteiger partial charge is 0.307 e. The molecule has 0 radical (unpaired) electrons. The Hall–Kier alpha value is -2.73. The third-order valence-corrected chi connectivity index (χ3v) is 5.98. The lowest BCUT2D eigenvalue weighted by atomic mass is 9.78. The molecule has 0 saturated carbocycles. The lowest BCUT2D eigenvalue weighted by molar-refractivity contribution is -0.141. The zero-order chi connectivity index (χ0) is 19.8. The molecule has 0 fully saturated rings. The Balaban J connectivity index is 1.87. The van der Waals surface area contributed by atoms with Gasteiger partial charge in [0.2, 0.25) is 0 Å². The predicted octanol–water partition coefficient (Wildman–Crippen LogP) is 3.26. The van der Waals surface area contributed by atoms with Gasteiger partial charge in [0.15, 0.2) is 0 Å². The fourth-order valence-corrected chi connectivity index (χ4v) is 4.33. The van der Waals surface area contributed by atoms with Crippen LogP contribution in [0.2, 0.25) is 0 Å². The van der Waals surface area contributed by atoms with E-state index in [2.05, 4.69) is 39.9 Å². The average Bonchev–Trinajstić information content (AvgIpc) is 3.13. The van der Waals surface area contributed by atoms with Gasteiger partial charge in [-0.25, -0.2) is 4.68 Å². The molecule has 2 atom stereocenters. The number of aromatic nitrogens is 3. The van der Waals surface area contributed by atoms with E-state index >= 15 is 0 Å². The number of hydrogen-bond acceptors (Lipinski definition) is 4. The Kier molecular flexibility index (Phi) is 4.89. The van der Waals surface area contributed by atoms with Crippen molar-refractivity contribution in [3.8, 4) is 0 Å². The van der Waals surface area contributed by atoms with Gasteiger partial charge in [-0.05, 0) is 60.7 Å². The van der Waals surface area contributed by atoms with Crippen LogP contribution >= 0.6 is 0 Å². The van der Waals surface area contributed by atoms with Gasteiger partial charge in [0, 0.05) is 19.0 Å². The van der Waals surface area contributed by atoms with Crippen molar-refractivity contribution in [3.63, 3.8) is 0 Å². The molecule has 2 heterocycles. The highest BCUT2D eigenvalue weighted by molar-refractivity contribution is 5.80. The first kappa shape index (κ1) is 18.6. The standard InChI is InChI=1S/C22H26N4O2/c1-4-26-19-8-7-18(13(2)21(19)24-25-26)20(14(3)22(27)28)16-6-5-15-9-10-23-12-17(15)11-16/h5-8,11,14,20,23H,4,9-10,12H2,1-3H3,(H,27,28)/t14-,20+/m1/s1. The first-order chi connectivity index (χ1) is 13.5. The molecule has 6 heteroatoms. The number of fused-ring (bicyclic) bond motifs is 2. The monoisotopic (exact) mass is 378 g/mol. The maximum Gasteiger partial charge on any atom is 0.307 e. The van der Waals surface area contributed by atoms with E-state index in [4.69, 9.17) is 0 Å². The van der Waals surface area contributed by atoms with Crippen LogP contribution in [0.5, 0.6) is 0 Å². The van der Waals surface area contributed by atoms with E-state index in [9.17, 15) is 9.90 Å².